The van der Waals surface area contributed by atoms with Gasteiger partial charge in [0.25, 0.3) is 0 Å². The summed E-state index contributed by atoms with van der Waals surface area (Å²) in [6, 6.07) is 3.62. The highest BCUT2D eigenvalue weighted by atomic mass is 19.4. The number of carbonyl (C=O) groups is 1. The number of aldehydes is 1. The normalized spacial score (nSPS) is 11.5. The van der Waals surface area contributed by atoms with E-state index in [0.717, 1.165) is 11.8 Å². The van der Waals surface area contributed by atoms with E-state index in [-0.39, 0.29) is 11.3 Å². The average molecular weight is 298 g/mol. The van der Waals surface area contributed by atoms with Gasteiger partial charge in [-0.1, -0.05) is 0 Å². The summed E-state index contributed by atoms with van der Waals surface area (Å²) < 4.78 is 42.5. The van der Waals surface area contributed by atoms with Gasteiger partial charge in [0.15, 0.2) is 6.29 Å². The van der Waals surface area contributed by atoms with Crippen molar-refractivity contribution in [3.8, 4) is 16.9 Å². The lowest BCUT2D eigenvalue weighted by Gasteiger charge is -2.12. The number of rotatable bonds is 3. The van der Waals surface area contributed by atoms with Crippen molar-refractivity contribution < 1.29 is 22.7 Å². The minimum Gasteiger partial charge on any atom is -0.406 e. The summed E-state index contributed by atoms with van der Waals surface area (Å²) in [6.45, 7) is 3.51. The second kappa shape index (κ2) is 5.23. The van der Waals surface area contributed by atoms with Crippen LogP contribution in [0.2, 0.25) is 0 Å². The predicted octanol–water partition coefficient (Wildman–Crippen LogP) is 3.42. The van der Waals surface area contributed by atoms with Crippen molar-refractivity contribution in [2.45, 2.75) is 20.2 Å². The van der Waals surface area contributed by atoms with Crippen molar-refractivity contribution in [1.29, 1.82) is 0 Å². The third-order valence-corrected chi connectivity index (χ3v) is 3.16. The zero-order valence-electron chi connectivity index (χ0n) is 11.7. The maximum Gasteiger partial charge on any atom is 0.573 e. The molecule has 0 aliphatic rings. The van der Waals surface area contributed by atoms with Gasteiger partial charge in [-0.15, -0.1) is 13.2 Å². The Morgan fingerprint density at radius 3 is 2.43 bits per heavy atom. The summed E-state index contributed by atoms with van der Waals surface area (Å²) in [5.74, 6) is -0.370. The number of halogens is 3. The van der Waals surface area contributed by atoms with Crippen molar-refractivity contribution in [3.05, 3.63) is 35.2 Å². The lowest BCUT2D eigenvalue weighted by atomic mass is 9.98. The predicted molar refractivity (Wildman–Crippen MR) is 70.2 cm³/mol. The molecule has 0 atom stereocenters. The first-order chi connectivity index (χ1) is 9.73. The largest absolute Gasteiger partial charge is 0.573 e. The van der Waals surface area contributed by atoms with Gasteiger partial charge in [-0.05, 0) is 37.6 Å². The number of nitrogens with zero attached hydrogens (tertiary/aromatic N) is 2. The van der Waals surface area contributed by atoms with Gasteiger partial charge in [-0.3, -0.25) is 9.48 Å². The number of aromatic nitrogens is 2. The molecule has 0 fully saturated rings. The quantitative estimate of drug-likeness (QED) is 0.816. The summed E-state index contributed by atoms with van der Waals surface area (Å²) in [7, 11) is 1.72. The Hall–Kier alpha value is -2.31. The van der Waals surface area contributed by atoms with Crippen LogP contribution < -0.4 is 4.74 Å². The molecule has 0 saturated carbocycles. The number of hydrogen-bond donors (Lipinski definition) is 0. The van der Waals surface area contributed by atoms with Gasteiger partial charge in [0.2, 0.25) is 0 Å². The van der Waals surface area contributed by atoms with Crippen molar-refractivity contribution in [1.82, 2.24) is 9.78 Å². The second-order valence-corrected chi connectivity index (χ2v) is 4.58. The van der Waals surface area contributed by atoms with E-state index in [2.05, 4.69) is 9.84 Å². The number of carbonyl (C=O) groups excluding carboxylic acids is 1. The second-order valence-electron chi connectivity index (χ2n) is 4.58. The Kier molecular flexibility index (Phi) is 3.76. The monoisotopic (exact) mass is 298 g/mol. The molecular weight excluding hydrogens is 285 g/mol. The topological polar surface area (TPSA) is 44.1 Å². The van der Waals surface area contributed by atoms with E-state index in [1.807, 2.05) is 0 Å². The van der Waals surface area contributed by atoms with Crippen molar-refractivity contribution in [3.63, 3.8) is 0 Å². The fourth-order valence-electron chi connectivity index (χ4n) is 2.22. The van der Waals surface area contributed by atoms with Crippen molar-refractivity contribution >= 4 is 6.29 Å². The Bertz CT molecular complexity index is 690. The summed E-state index contributed by atoms with van der Waals surface area (Å²) in [6.07, 6.45) is -4.18. The lowest BCUT2D eigenvalue weighted by Crippen LogP contribution is -2.17. The van der Waals surface area contributed by atoms with Gasteiger partial charge in [-0.2, -0.15) is 5.10 Å². The average Bonchev–Trinajstić information content (AvgIpc) is 2.61. The first-order valence-corrected chi connectivity index (χ1v) is 6.08. The molecule has 0 bridgehead atoms. The molecule has 4 nitrogen and oxygen atoms in total. The van der Waals surface area contributed by atoms with Crippen molar-refractivity contribution in [2.24, 2.45) is 7.05 Å². The van der Waals surface area contributed by atoms with Crippen LogP contribution in [0.3, 0.4) is 0 Å². The van der Waals surface area contributed by atoms with E-state index in [0.29, 0.717) is 23.1 Å². The molecule has 0 aliphatic heterocycles. The van der Waals surface area contributed by atoms with Gasteiger partial charge in [0, 0.05) is 23.9 Å². The molecule has 1 heterocycles. The maximum absolute atomic E-state index is 12.3. The molecule has 2 rings (SSSR count). The molecule has 0 saturated heterocycles. The smallest absolute Gasteiger partial charge is 0.406 e. The zero-order valence-corrected chi connectivity index (χ0v) is 11.7. The fourth-order valence-corrected chi connectivity index (χ4v) is 2.22. The molecule has 21 heavy (non-hydrogen) atoms. The van der Waals surface area contributed by atoms with Crippen LogP contribution in [0.1, 0.15) is 21.7 Å². The maximum atomic E-state index is 12.3. The molecule has 0 spiro atoms. The molecular formula is C14H13F3N2O2. The van der Waals surface area contributed by atoms with E-state index < -0.39 is 6.36 Å². The van der Waals surface area contributed by atoms with E-state index >= 15 is 0 Å². The number of alkyl halides is 3. The van der Waals surface area contributed by atoms with E-state index in [9.17, 15) is 18.0 Å². The van der Waals surface area contributed by atoms with Gasteiger partial charge in [-0.25, -0.2) is 0 Å². The first kappa shape index (κ1) is 15.1. The molecule has 112 valence electrons. The number of aryl methyl sites for hydroxylation is 2. The lowest BCUT2D eigenvalue weighted by molar-refractivity contribution is -0.274. The Morgan fingerprint density at radius 1 is 1.29 bits per heavy atom. The highest BCUT2D eigenvalue weighted by molar-refractivity contribution is 5.89. The number of benzene rings is 1. The first-order valence-electron chi connectivity index (χ1n) is 6.08. The molecule has 0 aliphatic carbocycles. The van der Waals surface area contributed by atoms with Crippen LogP contribution in [-0.4, -0.2) is 22.4 Å². The minimum atomic E-state index is -4.78. The number of hydrogen-bond acceptors (Lipinski definition) is 3. The summed E-state index contributed by atoms with van der Waals surface area (Å²) in [5.41, 5.74) is 2.66. The molecule has 1 aromatic heterocycles. The summed E-state index contributed by atoms with van der Waals surface area (Å²) in [5, 5.41) is 4.20. The van der Waals surface area contributed by atoms with Crippen LogP contribution in [-0.2, 0) is 7.05 Å². The minimum absolute atomic E-state index is 0.281. The standard InChI is InChI=1S/C14H13F3N2O2/c1-8-13(9(2)19(3)18-8)12-6-11(21-14(15,16)17)5-4-10(12)7-20/h4-7H,1-3H3. The fraction of sp³-hybridized carbons (Fsp3) is 0.286. The van der Waals surface area contributed by atoms with E-state index in [4.69, 9.17) is 0 Å². The van der Waals surface area contributed by atoms with Crippen LogP contribution in [0, 0.1) is 13.8 Å². The molecule has 7 heteroatoms. The van der Waals surface area contributed by atoms with Gasteiger partial charge >= 0.3 is 6.36 Å². The summed E-state index contributed by atoms with van der Waals surface area (Å²) >= 11 is 0. The molecule has 0 N–H and O–H groups in total. The van der Waals surface area contributed by atoms with Crippen LogP contribution in [0.4, 0.5) is 13.2 Å². The van der Waals surface area contributed by atoms with E-state index in [1.165, 1.54) is 12.1 Å². The molecule has 0 amide bonds. The van der Waals surface area contributed by atoms with Gasteiger partial charge in [0.05, 0.1) is 5.69 Å². The third kappa shape index (κ3) is 3.07. The van der Waals surface area contributed by atoms with Gasteiger partial charge < -0.3 is 4.74 Å². The highest BCUT2D eigenvalue weighted by Crippen LogP contribution is 2.33. The van der Waals surface area contributed by atoms with Gasteiger partial charge in [0.1, 0.15) is 5.75 Å². The SMILES string of the molecule is Cc1nn(C)c(C)c1-c1cc(OC(F)(F)F)ccc1C=O. The third-order valence-electron chi connectivity index (χ3n) is 3.16. The van der Waals surface area contributed by atoms with Crippen LogP contribution in [0.5, 0.6) is 5.75 Å². The highest BCUT2D eigenvalue weighted by Gasteiger charge is 2.31. The van der Waals surface area contributed by atoms with Crippen LogP contribution in [0.15, 0.2) is 18.2 Å². The molecule has 2 aromatic rings. The summed E-state index contributed by atoms with van der Waals surface area (Å²) in [4.78, 5) is 11.1. The zero-order chi connectivity index (χ0) is 15.8. The molecule has 0 radical (unpaired) electrons. The van der Waals surface area contributed by atoms with E-state index in [1.54, 1.807) is 25.6 Å². The Labute approximate surface area is 119 Å². The Balaban J connectivity index is 2.60. The number of ether oxygens (including phenoxy) is 1. The Morgan fingerprint density at radius 2 is 1.95 bits per heavy atom. The molecule has 0 unspecified atom stereocenters. The molecule has 1 aromatic carbocycles. The van der Waals surface area contributed by atoms with Crippen LogP contribution >= 0.6 is 0 Å². The van der Waals surface area contributed by atoms with Crippen molar-refractivity contribution in [2.75, 3.05) is 0 Å². The van der Waals surface area contributed by atoms with Crippen LogP contribution in [0.25, 0.3) is 11.1 Å².